The lowest BCUT2D eigenvalue weighted by Gasteiger charge is -2.27. The van der Waals surface area contributed by atoms with E-state index >= 15 is 0 Å². The van der Waals surface area contributed by atoms with E-state index in [1.165, 1.54) is 10.7 Å². The summed E-state index contributed by atoms with van der Waals surface area (Å²) in [6, 6.07) is 10.6. The molecule has 0 aliphatic carbocycles. The van der Waals surface area contributed by atoms with E-state index in [1.54, 1.807) is 57.5 Å². The number of methoxy groups -OCH3 is 2. The first-order valence-electron chi connectivity index (χ1n) is 9.15. The van der Waals surface area contributed by atoms with Crippen molar-refractivity contribution in [2.75, 3.05) is 19.5 Å². The lowest BCUT2D eigenvalue weighted by atomic mass is 9.95. The maximum atomic E-state index is 14.7. The second-order valence-corrected chi connectivity index (χ2v) is 6.76. The Morgan fingerprint density at radius 3 is 2.43 bits per heavy atom. The van der Waals surface area contributed by atoms with Crippen molar-refractivity contribution in [2.24, 2.45) is 5.73 Å². The summed E-state index contributed by atoms with van der Waals surface area (Å²) in [6.07, 6.45) is 0. The molecule has 1 aromatic heterocycles. The smallest absolute Gasteiger partial charge is 0.248 e. The third-order valence-electron chi connectivity index (χ3n) is 4.93. The topological polar surface area (TPSA) is 104 Å². The number of rotatable bonds is 5. The summed E-state index contributed by atoms with van der Waals surface area (Å²) >= 11 is 0. The first kappa shape index (κ1) is 19.4. The molecule has 0 unspecified atom stereocenters. The average molecular weight is 409 g/mol. The molecule has 30 heavy (non-hydrogen) atoms. The van der Waals surface area contributed by atoms with E-state index < -0.39 is 17.8 Å². The van der Waals surface area contributed by atoms with Gasteiger partial charge >= 0.3 is 0 Å². The highest BCUT2D eigenvalue weighted by atomic mass is 19.1. The summed E-state index contributed by atoms with van der Waals surface area (Å²) in [5.74, 6) is 0.726. The zero-order chi connectivity index (χ0) is 21.4. The van der Waals surface area contributed by atoms with Crippen molar-refractivity contribution in [3.63, 3.8) is 0 Å². The Morgan fingerprint density at radius 2 is 1.83 bits per heavy atom. The van der Waals surface area contributed by atoms with Gasteiger partial charge in [0, 0.05) is 22.9 Å². The number of halogens is 1. The number of carbonyl (C=O) groups excluding carboxylic acids is 1. The van der Waals surface area contributed by atoms with Gasteiger partial charge in [0.25, 0.3) is 0 Å². The van der Waals surface area contributed by atoms with Gasteiger partial charge in [0.2, 0.25) is 11.9 Å². The highest BCUT2D eigenvalue weighted by Gasteiger charge is 2.34. The van der Waals surface area contributed by atoms with Gasteiger partial charge in [-0.2, -0.15) is 4.98 Å². The van der Waals surface area contributed by atoms with Gasteiger partial charge in [-0.1, -0.05) is 18.2 Å². The molecule has 1 aliphatic heterocycles. The second kappa shape index (κ2) is 7.51. The van der Waals surface area contributed by atoms with Crippen LogP contribution >= 0.6 is 0 Å². The fourth-order valence-electron chi connectivity index (χ4n) is 3.51. The van der Waals surface area contributed by atoms with Crippen LogP contribution in [0.1, 0.15) is 18.5 Å². The predicted molar refractivity (Wildman–Crippen MR) is 109 cm³/mol. The molecule has 0 saturated heterocycles. The Hall–Kier alpha value is -3.88. The Kier molecular flexibility index (Phi) is 4.86. The number of ether oxygens (including phenoxy) is 2. The van der Waals surface area contributed by atoms with Gasteiger partial charge in [0.1, 0.15) is 23.4 Å². The quantitative estimate of drug-likeness (QED) is 0.672. The Morgan fingerprint density at radius 1 is 1.17 bits per heavy atom. The molecule has 9 heteroatoms. The number of nitrogens with two attached hydrogens (primary N) is 1. The molecule has 3 aromatic rings. The molecule has 0 bridgehead atoms. The molecule has 8 nitrogen and oxygen atoms in total. The monoisotopic (exact) mass is 409 g/mol. The summed E-state index contributed by atoms with van der Waals surface area (Å²) in [6.45, 7) is 1.69. The van der Waals surface area contributed by atoms with Crippen LogP contribution in [0.5, 0.6) is 11.5 Å². The molecule has 0 saturated carbocycles. The van der Waals surface area contributed by atoms with Gasteiger partial charge in [0.15, 0.2) is 5.82 Å². The molecule has 0 spiro atoms. The number of allylic oxidation sites excluding steroid dienone is 1. The average Bonchev–Trinajstić information content (AvgIpc) is 3.16. The number of benzene rings is 2. The largest absolute Gasteiger partial charge is 0.497 e. The molecule has 0 radical (unpaired) electrons. The van der Waals surface area contributed by atoms with Gasteiger partial charge < -0.3 is 20.5 Å². The summed E-state index contributed by atoms with van der Waals surface area (Å²) < 4.78 is 26.8. The van der Waals surface area contributed by atoms with E-state index in [4.69, 9.17) is 15.2 Å². The molecule has 4 rings (SSSR count). The van der Waals surface area contributed by atoms with Crippen LogP contribution in [0.4, 0.5) is 10.3 Å². The molecule has 2 heterocycles. The van der Waals surface area contributed by atoms with Crippen molar-refractivity contribution in [3.05, 3.63) is 65.1 Å². The van der Waals surface area contributed by atoms with Crippen molar-refractivity contribution in [1.82, 2.24) is 14.8 Å². The Balaban J connectivity index is 1.90. The number of primary amides is 1. The van der Waals surface area contributed by atoms with Crippen molar-refractivity contribution < 1.29 is 18.7 Å². The number of amides is 1. The van der Waals surface area contributed by atoms with Gasteiger partial charge in [-0.15, -0.1) is 5.10 Å². The number of hydrogen-bond donors (Lipinski definition) is 2. The maximum Gasteiger partial charge on any atom is 0.248 e. The molecular formula is C21H20FN5O3. The van der Waals surface area contributed by atoms with E-state index in [9.17, 15) is 9.18 Å². The minimum absolute atomic E-state index is 0.215. The van der Waals surface area contributed by atoms with Crippen molar-refractivity contribution in [2.45, 2.75) is 13.0 Å². The van der Waals surface area contributed by atoms with Crippen LogP contribution in [0.25, 0.3) is 11.4 Å². The van der Waals surface area contributed by atoms with E-state index in [0.717, 1.165) is 0 Å². The molecule has 0 fully saturated rings. The van der Waals surface area contributed by atoms with Crippen molar-refractivity contribution in [3.8, 4) is 22.9 Å². The van der Waals surface area contributed by atoms with E-state index in [1.807, 2.05) is 0 Å². The zero-order valence-corrected chi connectivity index (χ0v) is 16.6. The molecule has 1 aliphatic rings. The Bertz CT molecular complexity index is 1150. The molecule has 2 aromatic carbocycles. The zero-order valence-electron chi connectivity index (χ0n) is 16.6. The molecule has 3 N–H and O–H groups in total. The van der Waals surface area contributed by atoms with Crippen LogP contribution in [0, 0.1) is 5.82 Å². The molecule has 1 amide bonds. The fraction of sp³-hybridized carbons (Fsp3) is 0.190. The maximum absolute atomic E-state index is 14.7. The first-order valence-corrected chi connectivity index (χ1v) is 9.15. The number of anilines is 1. The van der Waals surface area contributed by atoms with Gasteiger partial charge in [0.05, 0.1) is 19.8 Å². The van der Waals surface area contributed by atoms with Gasteiger partial charge in [-0.05, 0) is 25.1 Å². The van der Waals surface area contributed by atoms with E-state index in [-0.39, 0.29) is 11.1 Å². The third kappa shape index (κ3) is 3.24. The number of nitrogens with one attached hydrogen (secondary N) is 1. The van der Waals surface area contributed by atoms with Crippen molar-refractivity contribution in [1.29, 1.82) is 0 Å². The summed E-state index contributed by atoms with van der Waals surface area (Å²) in [7, 11) is 3.10. The summed E-state index contributed by atoms with van der Waals surface area (Å²) in [5.41, 5.74) is 7.25. The number of hydrogen-bond acceptors (Lipinski definition) is 6. The highest BCUT2D eigenvalue weighted by Crippen LogP contribution is 2.37. The van der Waals surface area contributed by atoms with Crippen LogP contribution in [-0.2, 0) is 4.79 Å². The number of fused-ring (bicyclic) bond motifs is 1. The highest BCUT2D eigenvalue weighted by molar-refractivity contribution is 5.95. The SMILES string of the molecule is COc1cc(OC)cc(-c2nc3n(n2)[C@H](c2ccccc2F)C(C(N)=O)=C(C)N3)c1. The summed E-state index contributed by atoms with van der Waals surface area (Å²) in [4.78, 5) is 16.8. The lowest BCUT2D eigenvalue weighted by molar-refractivity contribution is -0.115. The number of nitrogens with zero attached hydrogens (tertiary/aromatic N) is 3. The molecular weight excluding hydrogens is 389 g/mol. The number of carbonyl (C=O) groups is 1. The van der Waals surface area contributed by atoms with E-state index in [0.29, 0.717) is 34.5 Å². The van der Waals surface area contributed by atoms with Crippen LogP contribution in [0.2, 0.25) is 0 Å². The third-order valence-corrected chi connectivity index (χ3v) is 4.93. The normalized spacial score (nSPS) is 15.4. The lowest BCUT2D eigenvalue weighted by Crippen LogP contribution is -2.32. The molecule has 1 atom stereocenters. The second-order valence-electron chi connectivity index (χ2n) is 6.76. The van der Waals surface area contributed by atoms with Gasteiger partial charge in [-0.3, -0.25) is 4.79 Å². The minimum Gasteiger partial charge on any atom is -0.497 e. The van der Waals surface area contributed by atoms with E-state index in [2.05, 4.69) is 15.4 Å². The number of aromatic nitrogens is 3. The van der Waals surface area contributed by atoms with Crippen molar-refractivity contribution >= 4 is 11.9 Å². The predicted octanol–water partition coefficient (Wildman–Crippen LogP) is 2.88. The first-order chi connectivity index (χ1) is 14.4. The molecule has 154 valence electrons. The van der Waals surface area contributed by atoms with Crippen LogP contribution in [0.3, 0.4) is 0 Å². The summed E-state index contributed by atoms with van der Waals surface area (Å²) in [5, 5.41) is 7.60. The van der Waals surface area contributed by atoms with Crippen LogP contribution in [0.15, 0.2) is 53.7 Å². The minimum atomic E-state index is -0.853. The van der Waals surface area contributed by atoms with Gasteiger partial charge in [-0.25, -0.2) is 9.07 Å². The Labute approximate surface area is 172 Å². The standard InChI is InChI=1S/C21H20FN5O3/c1-11-17(19(23)28)18(15-6-4-5-7-16(15)22)27-21(24-11)25-20(26-27)12-8-13(29-2)10-14(9-12)30-3/h4-10,18H,1-3H3,(H2,23,28)(H,24,25,26)/t18-/m1/s1. The van der Waals surface area contributed by atoms with Crippen LogP contribution < -0.4 is 20.5 Å². The fourth-order valence-corrected chi connectivity index (χ4v) is 3.51. The van der Waals surface area contributed by atoms with Crippen LogP contribution in [-0.4, -0.2) is 34.9 Å².